The molecule has 3 aliphatic rings. The predicted octanol–water partition coefficient (Wildman–Crippen LogP) is -0.0402. The van der Waals surface area contributed by atoms with E-state index in [4.69, 9.17) is 23.7 Å². The Kier molecular flexibility index (Phi) is 8.25. The van der Waals surface area contributed by atoms with Gasteiger partial charge in [-0.05, 0) is 18.6 Å². The van der Waals surface area contributed by atoms with Gasteiger partial charge in [0.25, 0.3) is 0 Å². The summed E-state index contributed by atoms with van der Waals surface area (Å²) in [5.74, 6) is -4.09. The van der Waals surface area contributed by atoms with Crippen LogP contribution >= 0.6 is 0 Å². The van der Waals surface area contributed by atoms with Crippen LogP contribution in [-0.2, 0) is 38.1 Å². The Bertz CT molecular complexity index is 1050. The minimum Gasteiger partial charge on any atom is -0.478 e. The minimum absolute atomic E-state index is 0.123. The zero-order valence-electron chi connectivity index (χ0n) is 19.8. The van der Waals surface area contributed by atoms with Crippen LogP contribution in [0.1, 0.15) is 18.9 Å². The summed E-state index contributed by atoms with van der Waals surface area (Å²) in [5, 5.41) is 40.6. The van der Waals surface area contributed by atoms with Gasteiger partial charge in [0.1, 0.15) is 37.1 Å². The molecule has 200 valence electrons. The van der Waals surface area contributed by atoms with E-state index < -0.39 is 79.5 Å². The van der Waals surface area contributed by atoms with E-state index in [1.54, 1.807) is 37.3 Å². The number of cyclic esters (lactones) is 1. The lowest BCUT2D eigenvalue weighted by Gasteiger charge is -2.45. The van der Waals surface area contributed by atoms with Crippen molar-refractivity contribution < 1.29 is 58.5 Å². The third-order valence-electron chi connectivity index (χ3n) is 6.54. The summed E-state index contributed by atoms with van der Waals surface area (Å²) in [6.45, 7) is 1.10. The van der Waals surface area contributed by atoms with Crippen molar-refractivity contribution in [3.8, 4) is 0 Å². The topological polar surface area (TPSA) is 178 Å². The Hall–Kier alpha value is -3.29. The Labute approximate surface area is 211 Å². The van der Waals surface area contributed by atoms with Crippen LogP contribution in [0.3, 0.4) is 0 Å². The first-order valence-corrected chi connectivity index (χ1v) is 11.7. The standard InChI is InChI=1S/C25H28O12/c1-12-19-14(9-18(27)35-12)15(23(31)32)10-34-24(19)37-25-22(30)21(29)20(28)16(36-25)11-33-17(26)8-7-13-5-3-2-4-6-13/h2-8,10,12,14,16,19-22,24-25,28-30H,9,11H2,1H3,(H,31,32)/b8-7-/t12-,14-,16-,19-,20-,21+,22-,24+,25+/m1/s1. The quantitative estimate of drug-likeness (QED) is 0.279. The number of rotatable bonds is 7. The number of aliphatic hydroxyl groups is 3. The van der Waals surface area contributed by atoms with Gasteiger partial charge in [0.15, 0.2) is 6.29 Å². The van der Waals surface area contributed by atoms with Gasteiger partial charge in [0.05, 0.1) is 24.2 Å². The molecule has 9 atom stereocenters. The van der Waals surface area contributed by atoms with Crippen LogP contribution in [0.25, 0.3) is 6.08 Å². The van der Waals surface area contributed by atoms with Crippen molar-refractivity contribution in [2.45, 2.75) is 56.4 Å². The molecule has 3 aliphatic heterocycles. The van der Waals surface area contributed by atoms with E-state index in [2.05, 4.69) is 0 Å². The maximum Gasteiger partial charge on any atom is 0.335 e. The molecule has 12 nitrogen and oxygen atoms in total. The molecule has 4 N–H and O–H groups in total. The Morgan fingerprint density at radius 1 is 1.08 bits per heavy atom. The molecule has 12 heteroatoms. The van der Waals surface area contributed by atoms with E-state index in [1.807, 2.05) is 6.07 Å². The van der Waals surface area contributed by atoms with Crippen molar-refractivity contribution in [1.29, 1.82) is 0 Å². The molecular formula is C25H28O12. The highest BCUT2D eigenvalue weighted by Crippen LogP contribution is 2.41. The normalized spacial score (nSPS) is 35.6. The van der Waals surface area contributed by atoms with Crippen molar-refractivity contribution in [2.24, 2.45) is 11.8 Å². The van der Waals surface area contributed by atoms with Gasteiger partial charge in [0.2, 0.25) is 6.29 Å². The molecular weight excluding hydrogens is 492 g/mol. The lowest BCUT2D eigenvalue weighted by molar-refractivity contribution is -0.346. The summed E-state index contributed by atoms with van der Waals surface area (Å²) in [7, 11) is 0. The van der Waals surface area contributed by atoms with E-state index >= 15 is 0 Å². The van der Waals surface area contributed by atoms with Crippen LogP contribution in [0.4, 0.5) is 0 Å². The smallest absolute Gasteiger partial charge is 0.335 e. The van der Waals surface area contributed by atoms with Crippen molar-refractivity contribution >= 4 is 24.0 Å². The maximum absolute atomic E-state index is 12.1. The second kappa shape index (κ2) is 11.4. The van der Waals surface area contributed by atoms with E-state index in [-0.39, 0.29) is 12.0 Å². The Morgan fingerprint density at radius 2 is 1.81 bits per heavy atom. The number of aliphatic hydroxyl groups excluding tert-OH is 3. The average molecular weight is 520 g/mol. The van der Waals surface area contributed by atoms with Crippen LogP contribution in [0.2, 0.25) is 0 Å². The molecule has 0 bridgehead atoms. The second-order valence-electron chi connectivity index (χ2n) is 8.99. The molecule has 3 heterocycles. The van der Waals surface area contributed by atoms with Gasteiger partial charge in [0, 0.05) is 12.0 Å². The zero-order valence-corrected chi connectivity index (χ0v) is 19.8. The number of benzene rings is 1. The number of carboxylic acid groups (broad SMARTS) is 1. The fourth-order valence-corrected chi connectivity index (χ4v) is 4.59. The van der Waals surface area contributed by atoms with Gasteiger partial charge < -0.3 is 44.1 Å². The van der Waals surface area contributed by atoms with Crippen LogP contribution in [0.5, 0.6) is 0 Å². The summed E-state index contributed by atoms with van der Waals surface area (Å²) in [6, 6.07) is 9.02. The van der Waals surface area contributed by atoms with Gasteiger partial charge in [-0.3, -0.25) is 4.79 Å². The van der Waals surface area contributed by atoms with Gasteiger partial charge in [-0.2, -0.15) is 0 Å². The molecule has 4 rings (SSSR count). The summed E-state index contributed by atoms with van der Waals surface area (Å²) in [6.07, 6.45) is -6.34. The number of carboxylic acids is 1. The molecule has 0 saturated carbocycles. The molecule has 0 radical (unpaired) electrons. The number of esters is 2. The number of aliphatic carboxylic acids is 1. The van der Waals surface area contributed by atoms with Crippen molar-refractivity contribution in [3.63, 3.8) is 0 Å². The highest BCUT2D eigenvalue weighted by Gasteiger charge is 2.52. The summed E-state index contributed by atoms with van der Waals surface area (Å²) >= 11 is 0. The molecule has 2 fully saturated rings. The third kappa shape index (κ3) is 6.00. The maximum atomic E-state index is 12.1. The second-order valence-corrected chi connectivity index (χ2v) is 8.99. The molecule has 0 aromatic heterocycles. The number of ether oxygens (including phenoxy) is 5. The van der Waals surface area contributed by atoms with E-state index in [1.165, 1.54) is 6.08 Å². The van der Waals surface area contributed by atoms with Crippen molar-refractivity contribution in [3.05, 3.63) is 53.8 Å². The molecule has 0 aliphatic carbocycles. The minimum atomic E-state index is -1.71. The van der Waals surface area contributed by atoms with Crippen LogP contribution < -0.4 is 0 Å². The summed E-state index contributed by atoms with van der Waals surface area (Å²) in [4.78, 5) is 35.7. The summed E-state index contributed by atoms with van der Waals surface area (Å²) < 4.78 is 27.2. The molecule has 37 heavy (non-hydrogen) atoms. The fraction of sp³-hybridized carbons (Fsp3) is 0.480. The number of hydrogen-bond acceptors (Lipinski definition) is 11. The summed E-state index contributed by atoms with van der Waals surface area (Å²) in [5.41, 5.74) is 0.649. The van der Waals surface area contributed by atoms with Gasteiger partial charge in [-0.1, -0.05) is 30.3 Å². The van der Waals surface area contributed by atoms with Crippen LogP contribution in [-0.4, -0.2) is 88.0 Å². The van der Waals surface area contributed by atoms with E-state index in [9.17, 15) is 34.8 Å². The first kappa shape index (κ1) is 26.8. The predicted molar refractivity (Wildman–Crippen MR) is 122 cm³/mol. The van der Waals surface area contributed by atoms with Gasteiger partial charge in [-0.15, -0.1) is 0 Å². The zero-order chi connectivity index (χ0) is 26.7. The van der Waals surface area contributed by atoms with Crippen molar-refractivity contribution in [2.75, 3.05) is 6.61 Å². The molecule has 1 aromatic rings. The molecule has 0 amide bonds. The first-order chi connectivity index (χ1) is 17.7. The number of carbonyl (C=O) groups is 3. The highest BCUT2D eigenvalue weighted by molar-refractivity contribution is 5.88. The molecule has 1 aromatic carbocycles. The fourth-order valence-electron chi connectivity index (χ4n) is 4.59. The average Bonchev–Trinajstić information content (AvgIpc) is 2.87. The highest BCUT2D eigenvalue weighted by atomic mass is 16.8. The van der Waals surface area contributed by atoms with E-state index in [0.29, 0.717) is 0 Å². The van der Waals surface area contributed by atoms with Gasteiger partial charge in [-0.25, -0.2) is 9.59 Å². The third-order valence-corrected chi connectivity index (χ3v) is 6.54. The van der Waals surface area contributed by atoms with E-state index in [0.717, 1.165) is 11.8 Å². The lowest BCUT2D eigenvalue weighted by Crippen LogP contribution is -2.61. The van der Waals surface area contributed by atoms with Crippen LogP contribution in [0.15, 0.2) is 48.2 Å². The largest absolute Gasteiger partial charge is 0.478 e. The lowest BCUT2D eigenvalue weighted by atomic mass is 9.77. The number of carbonyl (C=O) groups excluding carboxylic acids is 2. The molecule has 0 spiro atoms. The number of hydrogen-bond donors (Lipinski definition) is 4. The molecule has 0 unspecified atom stereocenters. The number of fused-ring (bicyclic) bond motifs is 1. The van der Waals surface area contributed by atoms with Crippen LogP contribution in [0, 0.1) is 11.8 Å². The first-order valence-electron chi connectivity index (χ1n) is 11.7. The van der Waals surface area contributed by atoms with Crippen molar-refractivity contribution in [1.82, 2.24) is 0 Å². The van der Waals surface area contributed by atoms with Gasteiger partial charge >= 0.3 is 17.9 Å². The Balaban J connectivity index is 1.42. The monoisotopic (exact) mass is 520 g/mol. The Morgan fingerprint density at radius 3 is 2.51 bits per heavy atom. The SMILES string of the molecule is C[C@H]1OC(=O)C[C@@H]2C(C(=O)O)=CO[C@@H](O[C@@H]3O[C@H](COC(=O)/C=C\c4ccccc4)[C@@H](O)[C@H](O)[C@H]3O)[C@@H]21. The molecule has 2 saturated heterocycles.